The lowest BCUT2D eigenvalue weighted by molar-refractivity contribution is 0.586. The number of hydrogen-bond donors (Lipinski definition) is 0. The maximum atomic E-state index is 3.89. The zero-order valence-electron chi connectivity index (χ0n) is 14.1. The molecule has 121 valence electrons. The van der Waals surface area contributed by atoms with E-state index in [-0.39, 0.29) is 0 Å². The first-order chi connectivity index (χ1) is 9.91. The molecular formula is C19H39S. The van der Waals surface area contributed by atoms with E-state index in [1.165, 1.54) is 101 Å². The molecule has 0 aromatic heterocycles. The normalized spacial score (nSPS) is 11.1. The van der Waals surface area contributed by atoms with Gasteiger partial charge in [0, 0.05) is 0 Å². The van der Waals surface area contributed by atoms with Crippen LogP contribution in [0.3, 0.4) is 0 Å². The fraction of sp³-hybridized carbons (Fsp3) is 0.947. The highest BCUT2D eigenvalue weighted by Gasteiger charge is 1.94. The molecule has 0 aliphatic carbocycles. The van der Waals surface area contributed by atoms with Gasteiger partial charge in [0.15, 0.2) is 0 Å². The maximum absolute atomic E-state index is 3.89. The van der Waals surface area contributed by atoms with Gasteiger partial charge in [-0.2, -0.15) is 11.8 Å². The summed E-state index contributed by atoms with van der Waals surface area (Å²) < 4.78 is 0. The molecule has 0 aromatic rings. The molecule has 1 radical (unpaired) electrons. The lowest BCUT2D eigenvalue weighted by atomic mass is 10.1. The van der Waals surface area contributed by atoms with E-state index >= 15 is 0 Å². The largest absolute Gasteiger partial charge is 0.162 e. The lowest BCUT2D eigenvalue weighted by Gasteiger charge is -2.03. The van der Waals surface area contributed by atoms with Gasteiger partial charge in [0.05, 0.1) is 0 Å². The van der Waals surface area contributed by atoms with Crippen molar-refractivity contribution in [2.75, 3.05) is 11.5 Å². The third-order valence-electron chi connectivity index (χ3n) is 3.93. The highest BCUT2D eigenvalue weighted by Crippen LogP contribution is 2.14. The van der Waals surface area contributed by atoms with Crippen LogP contribution >= 0.6 is 11.8 Å². The predicted octanol–water partition coefficient (Wildman–Crippen LogP) is 7.43. The molecule has 0 nitrogen and oxygen atoms in total. The Balaban J connectivity index is 2.89. The van der Waals surface area contributed by atoms with Crippen molar-refractivity contribution in [3.8, 4) is 0 Å². The highest BCUT2D eigenvalue weighted by molar-refractivity contribution is 7.99. The summed E-state index contributed by atoms with van der Waals surface area (Å²) in [7, 11) is 0. The van der Waals surface area contributed by atoms with Crippen LogP contribution in [0.4, 0.5) is 0 Å². The van der Waals surface area contributed by atoms with Gasteiger partial charge in [-0.1, -0.05) is 97.3 Å². The second-order valence-electron chi connectivity index (χ2n) is 6.06. The van der Waals surface area contributed by atoms with Crippen LogP contribution in [0.15, 0.2) is 0 Å². The van der Waals surface area contributed by atoms with Crippen molar-refractivity contribution in [2.45, 2.75) is 103 Å². The molecule has 0 heterocycles. The molecule has 0 fully saturated rings. The van der Waals surface area contributed by atoms with Crippen molar-refractivity contribution in [2.24, 2.45) is 0 Å². The van der Waals surface area contributed by atoms with E-state index in [1.54, 1.807) is 0 Å². The first kappa shape index (κ1) is 20.3. The van der Waals surface area contributed by atoms with Gasteiger partial charge in [0.25, 0.3) is 0 Å². The molecule has 0 aliphatic heterocycles. The van der Waals surface area contributed by atoms with Crippen molar-refractivity contribution in [3.05, 3.63) is 6.92 Å². The molecule has 0 N–H and O–H groups in total. The van der Waals surface area contributed by atoms with E-state index in [0.29, 0.717) is 0 Å². The molecule has 0 saturated heterocycles. The molecule has 0 aromatic carbocycles. The van der Waals surface area contributed by atoms with Gasteiger partial charge in [0.2, 0.25) is 0 Å². The lowest BCUT2D eigenvalue weighted by Crippen LogP contribution is -1.87. The van der Waals surface area contributed by atoms with Gasteiger partial charge in [-0.25, -0.2) is 0 Å². The second kappa shape index (κ2) is 19.4. The minimum atomic E-state index is 1.12. The van der Waals surface area contributed by atoms with Crippen LogP contribution < -0.4 is 0 Å². The minimum absolute atomic E-state index is 1.12. The van der Waals surface area contributed by atoms with E-state index in [2.05, 4.69) is 25.6 Å². The molecule has 0 aliphatic rings. The fourth-order valence-electron chi connectivity index (χ4n) is 2.53. The van der Waals surface area contributed by atoms with Gasteiger partial charge in [-0.3, -0.25) is 0 Å². The Morgan fingerprint density at radius 3 is 1.40 bits per heavy atom. The Morgan fingerprint density at radius 2 is 0.950 bits per heavy atom. The third-order valence-corrected chi connectivity index (χ3v) is 5.09. The summed E-state index contributed by atoms with van der Waals surface area (Å²) in [6.07, 6.45) is 21.2. The molecule has 0 rings (SSSR count). The smallest absolute Gasteiger partial charge is 0.00675 e. The van der Waals surface area contributed by atoms with Crippen LogP contribution in [0.25, 0.3) is 0 Å². The molecule has 0 atom stereocenters. The summed E-state index contributed by atoms with van der Waals surface area (Å²) in [6.45, 7) is 6.18. The van der Waals surface area contributed by atoms with Gasteiger partial charge < -0.3 is 0 Å². The van der Waals surface area contributed by atoms with E-state index in [9.17, 15) is 0 Å². The fourth-order valence-corrected chi connectivity index (χ4v) is 3.55. The van der Waals surface area contributed by atoms with Crippen molar-refractivity contribution in [1.82, 2.24) is 0 Å². The second-order valence-corrected chi connectivity index (χ2v) is 7.29. The van der Waals surface area contributed by atoms with Crippen molar-refractivity contribution >= 4 is 11.8 Å². The van der Waals surface area contributed by atoms with Gasteiger partial charge in [-0.15, -0.1) is 0 Å². The SMILES string of the molecule is [CH2]CCCCCCCCSCCCCCCCCCC. The van der Waals surface area contributed by atoms with Crippen LogP contribution in [-0.4, -0.2) is 11.5 Å². The Labute approximate surface area is 133 Å². The number of thioether (sulfide) groups is 1. The standard InChI is InChI=1S/C19H39S/c1-3-5-7-9-11-13-15-17-19-20-18-16-14-12-10-8-6-4-2/h2-19H2,1H3. The first-order valence-electron chi connectivity index (χ1n) is 9.28. The van der Waals surface area contributed by atoms with Crippen LogP contribution in [0.1, 0.15) is 103 Å². The van der Waals surface area contributed by atoms with E-state index < -0.39 is 0 Å². The molecule has 20 heavy (non-hydrogen) atoms. The number of unbranched alkanes of at least 4 members (excludes halogenated alkanes) is 13. The molecule has 1 heteroatoms. The molecular weight excluding hydrogens is 260 g/mol. The topological polar surface area (TPSA) is 0 Å². The van der Waals surface area contributed by atoms with Crippen molar-refractivity contribution in [1.29, 1.82) is 0 Å². The minimum Gasteiger partial charge on any atom is -0.162 e. The molecule has 0 bridgehead atoms. The molecule has 0 saturated carbocycles. The molecule has 0 amide bonds. The van der Waals surface area contributed by atoms with Crippen LogP contribution in [0, 0.1) is 6.92 Å². The van der Waals surface area contributed by atoms with Gasteiger partial charge in [-0.05, 0) is 24.3 Å². The predicted molar refractivity (Wildman–Crippen MR) is 97.6 cm³/mol. The van der Waals surface area contributed by atoms with Crippen LogP contribution in [0.5, 0.6) is 0 Å². The van der Waals surface area contributed by atoms with Crippen molar-refractivity contribution < 1.29 is 0 Å². The zero-order valence-corrected chi connectivity index (χ0v) is 15.0. The van der Waals surface area contributed by atoms with Gasteiger partial charge >= 0.3 is 0 Å². The average Bonchev–Trinajstić information content (AvgIpc) is 2.47. The summed E-state index contributed by atoms with van der Waals surface area (Å²) in [5, 5.41) is 0. The molecule has 0 unspecified atom stereocenters. The van der Waals surface area contributed by atoms with Crippen LogP contribution in [-0.2, 0) is 0 Å². The summed E-state index contributed by atoms with van der Waals surface area (Å²) in [6, 6.07) is 0. The van der Waals surface area contributed by atoms with Crippen LogP contribution in [0.2, 0.25) is 0 Å². The Morgan fingerprint density at radius 1 is 0.550 bits per heavy atom. The summed E-state index contributed by atoms with van der Waals surface area (Å²) in [5.41, 5.74) is 0. The summed E-state index contributed by atoms with van der Waals surface area (Å²) in [5.74, 6) is 2.79. The maximum Gasteiger partial charge on any atom is -0.00675 e. The van der Waals surface area contributed by atoms with E-state index in [4.69, 9.17) is 0 Å². The van der Waals surface area contributed by atoms with Crippen molar-refractivity contribution in [3.63, 3.8) is 0 Å². The first-order valence-corrected chi connectivity index (χ1v) is 10.4. The zero-order chi connectivity index (χ0) is 14.7. The summed E-state index contributed by atoms with van der Waals surface area (Å²) >= 11 is 2.18. The average molecular weight is 300 g/mol. The number of hydrogen-bond acceptors (Lipinski definition) is 1. The van der Waals surface area contributed by atoms with Gasteiger partial charge in [0.1, 0.15) is 0 Å². The Kier molecular flexibility index (Phi) is 19.7. The number of rotatable bonds is 17. The molecule has 0 spiro atoms. The third kappa shape index (κ3) is 18.4. The van der Waals surface area contributed by atoms with E-state index in [0.717, 1.165) is 6.42 Å². The Bertz CT molecular complexity index is 138. The monoisotopic (exact) mass is 299 g/mol. The summed E-state index contributed by atoms with van der Waals surface area (Å²) in [4.78, 5) is 0. The quantitative estimate of drug-likeness (QED) is 0.252. The highest BCUT2D eigenvalue weighted by atomic mass is 32.2. The Hall–Kier alpha value is 0.350. The van der Waals surface area contributed by atoms with E-state index in [1.807, 2.05) is 0 Å².